The molecule has 112 valence electrons. The summed E-state index contributed by atoms with van der Waals surface area (Å²) in [6.45, 7) is 6.02. The zero-order valence-corrected chi connectivity index (χ0v) is 13.2. The first-order valence-corrected chi connectivity index (χ1v) is 8.00. The maximum Gasteiger partial charge on any atom is 0.317 e. The monoisotopic (exact) mass is 304 g/mol. The third kappa shape index (κ3) is 4.26. The van der Waals surface area contributed by atoms with Gasteiger partial charge in [-0.1, -0.05) is 0 Å². The van der Waals surface area contributed by atoms with Crippen LogP contribution in [0.15, 0.2) is 29.9 Å². The van der Waals surface area contributed by atoms with Gasteiger partial charge in [0, 0.05) is 49.4 Å². The molecule has 21 heavy (non-hydrogen) atoms. The van der Waals surface area contributed by atoms with Gasteiger partial charge < -0.3 is 10.2 Å². The predicted molar refractivity (Wildman–Crippen MR) is 85.4 cm³/mol. The van der Waals surface area contributed by atoms with Gasteiger partial charge >= 0.3 is 6.03 Å². The Hall–Kier alpha value is -1.95. The van der Waals surface area contributed by atoms with Crippen molar-refractivity contribution >= 4 is 17.4 Å². The van der Waals surface area contributed by atoms with Crippen LogP contribution in [-0.2, 0) is 6.42 Å². The first-order valence-electron chi connectivity index (χ1n) is 7.12. The fourth-order valence-electron chi connectivity index (χ4n) is 1.98. The van der Waals surface area contributed by atoms with Gasteiger partial charge in [-0.25, -0.2) is 9.78 Å². The highest BCUT2D eigenvalue weighted by atomic mass is 32.1. The Morgan fingerprint density at radius 2 is 2.00 bits per heavy atom. The Labute approximate surface area is 129 Å². The van der Waals surface area contributed by atoms with Crippen molar-refractivity contribution in [3.8, 4) is 11.3 Å². The second-order valence-electron chi connectivity index (χ2n) is 4.52. The lowest BCUT2D eigenvalue weighted by molar-refractivity contribution is 0.203. The van der Waals surface area contributed by atoms with Gasteiger partial charge in [-0.2, -0.15) is 0 Å². The van der Waals surface area contributed by atoms with Gasteiger partial charge in [-0.3, -0.25) is 4.98 Å². The molecule has 0 fully saturated rings. The molecule has 0 unspecified atom stereocenters. The summed E-state index contributed by atoms with van der Waals surface area (Å²) in [5.74, 6) is 0. The molecule has 0 aliphatic rings. The van der Waals surface area contributed by atoms with E-state index in [2.05, 4.69) is 15.3 Å². The number of nitrogens with zero attached hydrogens (tertiary/aromatic N) is 3. The highest BCUT2D eigenvalue weighted by molar-refractivity contribution is 7.09. The molecule has 2 aromatic rings. The summed E-state index contributed by atoms with van der Waals surface area (Å²) in [6.07, 6.45) is 4.28. The zero-order chi connectivity index (χ0) is 15.1. The standard InChI is InChI=1S/C15H20N4OS/c1-3-19(4-2)15(20)17-10-7-14-18-13(11-21-14)12-5-8-16-9-6-12/h5-6,8-9,11H,3-4,7,10H2,1-2H3,(H,17,20). The van der Waals surface area contributed by atoms with Crippen molar-refractivity contribution in [1.82, 2.24) is 20.2 Å². The van der Waals surface area contributed by atoms with E-state index in [1.165, 1.54) is 0 Å². The van der Waals surface area contributed by atoms with Crippen LogP contribution >= 0.6 is 11.3 Å². The van der Waals surface area contributed by atoms with Crippen molar-refractivity contribution in [1.29, 1.82) is 0 Å². The van der Waals surface area contributed by atoms with Gasteiger partial charge in [0.2, 0.25) is 0 Å². The van der Waals surface area contributed by atoms with E-state index in [-0.39, 0.29) is 6.03 Å². The molecule has 0 spiro atoms. The number of thiazole rings is 1. The lowest BCUT2D eigenvalue weighted by Crippen LogP contribution is -2.40. The SMILES string of the molecule is CCN(CC)C(=O)NCCc1nc(-c2ccncc2)cs1. The molecular weight excluding hydrogens is 284 g/mol. The molecule has 2 aromatic heterocycles. The van der Waals surface area contributed by atoms with Crippen LogP contribution in [0, 0.1) is 0 Å². The van der Waals surface area contributed by atoms with Crippen molar-refractivity contribution in [2.24, 2.45) is 0 Å². The minimum atomic E-state index is -0.00841. The molecule has 0 atom stereocenters. The number of rotatable bonds is 6. The van der Waals surface area contributed by atoms with Crippen LogP contribution in [0.5, 0.6) is 0 Å². The highest BCUT2D eigenvalue weighted by Gasteiger charge is 2.09. The molecule has 0 aliphatic heterocycles. The van der Waals surface area contributed by atoms with Crippen molar-refractivity contribution in [2.75, 3.05) is 19.6 Å². The van der Waals surface area contributed by atoms with Crippen LogP contribution < -0.4 is 5.32 Å². The minimum Gasteiger partial charge on any atom is -0.338 e. The maximum atomic E-state index is 11.8. The first-order chi connectivity index (χ1) is 10.2. The number of carbonyl (C=O) groups is 1. The van der Waals surface area contributed by atoms with Crippen LogP contribution in [0.2, 0.25) is 0 Å². The molecule has 2 amide bonds. The molecule has 0 aromatic carbocycles. The lowest BCUT2D eigenvalue weighted by Gasteiger charge is -2.18. The number of aromatic nitrogens is 2. The number of hydrogen-bond donors (Lipinski definition) is 1. The maximum absolute atomic E-state index is 11.8. The molecule has 6 heteroatoms. The van der Waals surface area contributed by atoms with Crippen molar-refractivity contribution in [2.45, 2.75) is 20.3 Å². The number of amides is 2. The van der Waals surface area contributed by atoms with Gasteiger partial charge in [0.1, 0.15) is 0 Å². The molecule has 0 radical (unpaired) electrons. The number of carbonyl (C=O) groups excluding carboxylic acids is 1. The number of pyridine rings is 1. The van der Waals surface area contributed by atoms with Crippen molar-refractivity contribution < 1.29 is 4.79 Å². The van der Waals surface area contributed by atoms with Crippen LogP contribution in [0.25, 0.3) is 11.3 Å². The Morgan fingerprint density at radius 3 is 2.67 bits per heavy atom. The van der Waals surface area contributed by atoms with Crippen LogP contribution in [0.4, 0.5) is 4.79 Å². The highest BCUT2D eigenvalue weighted by Crippen LogP contribution is 2.21. The molecule has 5 nitrogen and oxygen atoms in total. The Bertz CT molecular complexity index is 566. The molecule has 0 bridgehead atoms. The summed E-state index contributed by atoms with van der Waals surface area (Å²) in [6, 6.07) is 3.88. The van der Waals surface area contributed by atoms with Gasteiger partial charge in [0.15, 0.2) is 0 Å². The van der Waals surface area contributed by atoms with E-state index in [1.54, 1.807) is 28.6 Å². The quantitative estimate of drug-likeness (QED) is 0.893. The fourth-order valence-corrected chi connectivity index (χ4v) is 2.79. The summed E-state index contributed by atoms with van der Waals surface area (Å²) < 4.78 is 0. The summed E-state index contributed by atoms with van der Waals surface area (Å²) >= 11 is 1.62. The Morgan fingerprint density at radius 1 is 1.29 bits per heavy atom. The first kappa shape index (κ1) is 15.4. The average Bonchev–Trinajstić information content (AvgIpc) is 2.98. The molecule has 2 rings (SSSR count). The second-order valence-corrected chi connectivity index (χ2v) is 5.46. The van der Waals surface area contributed by atoms with E-state index in [1.807, 2.05) is 31.4 Å². The largest absolute Gasteiger partial charge is 0.338 e. The number of urea groups is 1. The summed E-state index contributed by atoms with van der Waals surface area (Å²) in [5, 5.41) is 5.99. The molecular formula is C15H20N4OS. The molecule has 2 heterocycles. The molecule has 1 N–H and O–H groups in total. The lowest BCUT2D eigenvalue weighted by atomic mass is 10.2. The van der Waals surface area contributed by atoms with Crippen LogP contribution in [0.3, 0.4) is 0 Å². The normalized spacial score (nSPS) is 10.4. The molecule has 0 aliphatic carbocycles. The number of hydrogen-bond acceptors (Lipinski definition) is 4. The summed E-state index contributed by atoms with van der Waals surface area (Å²) in [7, 11) is 0. The van der Waals surface area contributed by atoms with Crippen molar-refractivity contribution in [3.05, 3.63) is 34.9 Å². The van der Waals surface area contributed by atoms with Crippen LogP contribution in [0.1, 0.15) is 18.9 Å². The third-order valence-corrected chi connectivity index (χ3v) is 4.10. The summed E-state index contributed by atoms with van der Waals surface area (Å²) in [4.78, 5) is 22.2. The van der Waals surface area contributed by atoms with E-state index in [0.717, 1.165) is 35.8 Å². The second kappa shape index (κ2) is 7.73. The van der Waals surface area contributed by atoms with Gasteiger partial charge in [0.05, 0.1) is 10.7 Å². The minimum absolute atomic E-state index is 0.00841. The van der Waals surface area contributed by atoms with Gasteiger partial charge in [-0.15, -0.1) is 11.3 Å². The van der Waals surface area contributed by atoms with E-state index in [9.17, 15) is 4.79 Å². The predicted octanol–water partition coefficient (Wildman–Crippen LogP) is 2.80. The Kier molecular flexibility index (Phi) is 5.68. The van der Waals surface area contributed by atoms with E-state index in [4.69, 9.17) is 0 Å². The zero-order valence-electron chi connectivity index (χ0n) is 12.4. The average molecular weight is 304 g/mol. The van der Waals surface area contributed by atoms with Gasteiger partial charge in [-0.05, 0) is 26.0 Å². The summed E-state index contributed by atoms with van der Waals surface area (Å²) in [5.41, 5.74) is 2.03. The number of nitrogens with one attached hydrogen (secondary N) is 1. The van der Waals surface area contributed by atoms with E-state index < -0.39 is 0 Å². The van der Waals surface area contributed by atoms with Crippen LogP contribution in [-0.4, -0.2) is 40.5 Å². The molecule has 0 saturated carbocycles. The van der Waals surface area contributed by atoms with E-state index in [0.29, 0.717) is 6.54 Å². The smallest absolute Gasteiger partial charge is 0.317 e. The van der Waals surface area contributed by atoms with E-state index >= 15 is 0 Å². The van der Waals surface area contributed by atoms with Gasteiger partial charge in [0.25, 0.3) is 0 Å². The molecule has 0 saturated heterocycles. The van der Waals surface area contributed by atoms with Crippen molar-refractivity contribution in [3.63, 3.8) is 0 Å². The topological polar surface area (TPSA) is 58.1 Å². The Balaban J connectivity index is 1.85. The fraction of sp³-hybridized carbons (Fsp3) is 0.400. The third-order valence-electron chi connectivity index (χ3n) is 3.19.